The zero-order chi connectivity index (χ0) is 21.1. The molecule has 0 aromatic carbocycles. The normalized spacial score (nSPS) is 22.2. The second-order valence-corrected chi connectivity index (χ2v) is 11.2. The highest BCUT2D eigenvalue weighted by Gasteiger charge is 2.44. The third-order valence-corrected chi connectivity index (χ3v) is 7.67. The Hall–Kier alpha value is -0.120. The highest BCUT2D eigenvalue weighted by Crippen LogP contribution is 2.38. The van der Waals surface area contributed by atoms with E-state index in [1.54, 1.807) is 0 Å². The van der Waals surface area contributed by atoms with Crippen molar-refractivity contribution in [2.24, 2.45) is 5.41 Å². The van der Waals surface area contributed by atoms with E-state index in [4.69, 9.17) is 0 Å². The van der Waals surface area contributed by atoms with Gasteiger partial charge in [0, 0.05) is 29.2 Å². The molecule has 1 saturated heterocycles. The number of β-amino-alcohol motifs (C(OH)–C–C–N with tert-alkyl or cyclic N) is 1. The smallest absolute Gasteiger partial charge is 0.0672 e. The summed E-state index contributed by atoms with van der Waals surface area (Å²) in [6, 6.07) is 0.505. The van der Waals surface area contributed by atoms with Crippen molar-refractivity contribution < 1.29 is 5.11 Å². The maximum Gasteiger partial charge on any atom is 0.0672 e. The molecule has 0 bridgehead atoms. The summed E-state index contributed by atoms with van der Waals surface area (Å²) in [7, 11) is 0. The van der Waals surface area contributed by atoms with Gasteiger partial charge in [-0.15, -0.1) is 0 Å². The van der Waals surface area contributed by atoms with Crippen LogP contribution in [-0.4, -0.2) is 45.3 Å². The van der Waals surface area contributed by atoms with E-state index in [1.165, 1.54) is 0 Å². The van der Waals surface area contributed by atoms with Crippen molar-refractivity contribution in [3.05, 3.63) is 0 Å². The van der Waals surface area contributed by atoms with Gasteiger partial charge in [-0.3, -0.25) is 4.90 Å². The molecular formula is C24H50N2O. The molecule has 1 fully saturated rings. The molecule has 1 aliphatic rings. The van der Waals surface area contributed by atoms with Gasteiger partial charge in [-0.25, -0.2) is 0 Å². The Bertz CT molecular complexity index is 433. The van der Waals surface area contributed by atoms with Crippen molar-refractivity contribution in [2.75, 3.05) is 6.54 Å². The fourth-order valence-corrected chi connectivity index (χ4v) is 5.35. The van der Waals surface area contributed by atoms with Crippen LogP contribution in [0.5, 0.6) is 0 Å². The number of piperidine rings is 1. The monoisotopic (exact) mass is 382 g/mol. The highest BCUT2D eigenvalue weighted by molar-refractivity contribution is 5.03. The number of aliphatic hydroxyl groups excluding tert-OH is 1. The standard InChI is InChI=1S/C24H50N2O/c1-11-23(9,12-2)17-20(27)18-26(24(10,13-3)14-4)19-15-21(5,6)25-22(7,8)16-19/h19-20,25,27H,11-18H2,1-10H3. The van der Waals surface area contributed by atoms with E-state index in [-0.39, 0.29) is 28.1 Å². The Morgan fingerprint density at radius 1 is 0.926 bits per heavy atom. The van der Waals surface area contributed by atoms with Gasteiger partial charge in [0.2, 0.25) is 0 Å². The second-order valence-electron chi connectivity index (χ2n) is 11.2. The minimum atomic E-state index is -0.256. The van der Waals surface area contributed by atoms with Gasteiger partial charge in [-0.2, -0.15) is 0 Å². The number of nitrogens with one attached hydrogen (secondary N) is 1. The first-order chi connectivity index (χ1) is 12.3. The summed E-state index contributed by atoms with van der Waals surface area (Å²) in [5.41, 5.74) is 0.634. The van der Waals surface area contributed by atoms with E-state index < -0.39 is 0 Å². The lowest BCUT2D eigenvalue weighted by atomic mass is 9.76. The Morgan fingerprint density at radius 3 is 1.74 bits per heavy atom. The first-order valence-electron chi connectivity index (χ1n) is 11.5. The molecule has 1 rings (SSSR count). The Labute approximate surface area is 170 Å². The fourth-order valence-electron chi connectivity index (χ4n) is 5.35. The van der Waals surface area contributed by atoms with E-state index in [1.807, 2.05) is 0 Å². The molecule has 2 N–H and O–H groups in total. The average molecular weight is 383 g/mol. The van der Waals surface area contributed by atoms with Gasteiger partial charge in [0.25, 0.3) is 0 Å². The minimum absolute atomic E-state index is 0.124. The Morgan fingerprint density at radius 2 is 1.37 bits per heavy atom. The van der Waals surface area contributed by atoms with Crippen molar-refractivity contribution >= 4 is 0 Å². The van der Waals surface area contributed by atoms with Crippen molar-refractivity contribution in [3.63, 3.8) is 0 Å². The van der Waals surface area contributed by atoms with E-state index in [2.05, 4.69) is 79.5 Å². The molecule has 1 aliphatic heterocycles. The molecule has 162 valence electrons. The summed E-state index contributed by atoms with van der Waals surface area (Å²) in [5, 5.41) is 14.9. The van der Waals surface area contributed by atoms with Gasteiger partial charge in [0.15, 0.2) is 0 Å². The third kappa shape index (κ3) is 6.72. The van der Waals surface area contributed by atoms with Crippen LogP contribution < -0.4 is 5.32 Å². The summed E-state index contributed by atoms with van der Waals surface area (Å²) in [6.07, 6.45) is 7.43. The lowest BCUT2D eigenvalue weighted by Crippen LogP contribution is -2.65. The summed E-state index contributed by atoms with van der Waals surface area (Å²) >= 11 is 0. The molecule has 0 aliphatic carbocycles. The van der Waals surface area contributed by atoms with E-state index in [9.17, 15) is 5.11 Å². The lowest BCUT2D eigenvalue weighted by molar-refractivity contribution is -0.0426. The van der Waals surface area contributed by atoms with Crippen LogP contribution >= 0.6 is 0 Å². The van der Waals surface area contributed by atoms with Crippen molar-refractivity contribution in [3.8, 4) is 0 Å². The Balaban J connectivity index is 3.11. The van der Waals surface area contributed by atoms with Crippen LogP contribution in [0.3, 0.4) is 0 Å². The summed E-state index contributed by atoms with van der Waals surface area (Å²) < 4.78 is 0. The first-order valence-corrected chi connectivity index (χ1v) is 11.5. The first kappa shape index (κ1) is 24.9. The number of hydrogen-bond acceptors (Lipinski definition) is 3. The molecule has 0 radical (unpaired) electrons. The van der Waals surface area contributed by atoms with Crippen LogP contribution in [-0.2, 0) is 0 Å². The molecule has 0 amide bonds. The minimum Gasteiger partial charge on any atom is -0.392 e. The average Bonchev–Trinajstić information content (AvgIpc) is 2.56. The van der Waals surface area contributed by atoms with Crippen molar-refractivity contribution in [1.82, 2.24) is 10.2 Å². The lowest BCUT2D eigenvalue weighted by Gasteiger charge is -2.54. The summed E-state index contributed by atoms with van der Waals surface area (Å²) in [6.45, 7) is 24.0. The number of rotatable bonds is 10. The van der Waals surface area contributed by atoms with Crippen molar-refractivity contribution in [2.45, 2.75) is 143 Å². The zero-order valence-corrected chi connectivity index (χ0v) is 20.2. The molecule has 0 saturated carbocycles. The topological polar surface area (TPSA) is 35.5 Å². The second kappa shape index (κ2) is 9.13. The molecule has 27 heavy (non-hydrogen) atoms. The van der Waals surface area contributed by atoms with Gasteiger partial charge < -0.3 is 10.4 Å². The summed E-state index contributed by atoms with van der Waals surface area (Å²) in [5.74, 6) is 0. The molecule has 1 atom stereocenters. The van der Waals surface area contributed by atoms with Crippen LogP contribution in [0.25, 0.3) is 0 Å². The quantitative estimate of drug-likeness (QED) is 0.504. The largest absolute Gasteiger partial charge is 0.392 e. The van der Waals surface area contributed by atoms with Crippen LogP contribution in [0.2, 0.25) is 0 Å². The van der Waals surface area contributed by atoms with E-state index in [0.717, 1.165) is 51.5 Å². The summed E-state index contributed by atoms with van der Waals surface area (Å²) in [4.78, 5) is 2.69. The number of aliphatic hydroxyl groups is 1. The molecular weight excluding hydrogens is 332 g/mol. The molecule has 0 spiro atoms. The van der Waals surface area contributed by atoms with Crippen LogP contribution in [0.4, 0.5) is 0 Å². The predicted octanol–water partition coefficient (Wildman–Crippen LogP) is 5.75. The number of nitrogens with zero attached hydrogens (tertiary/aromatic N) is 1. The predicted molar refractivity (Wildman–Crippen MR) is 119 cm³/mol. The SMILES string of the molecule is CCC(C)(CC)CC(O)CN(C1CC(C)(C)NC(C)(C)C1)C(C)(CC)CC. The van der Waals surface area contributed by atoms with Gasteiger partial charge in [0.1, 0.15) is 0 Å². The van der Waals surface area contributed by atoms with Crippen LogP contribution in [0.1, 0.15) is 114 Å². The third-order valence-electron chi connectivity index (χ3n) is 7.67. The molecule has 3 nitrogen and oxygen atoms in total. The van der Waals surface area contributed by atoms with Gasteiger partial charge >= 0.3 is 0 Å². The zero-order valence-electron chi connectivity index (χ0n) is 20.2. The molecule has 0 aromatic rings. The number of hydrogen-bond donors (Lipinski definition) is 2. The highest BCUT2D eigenvalue weighted by atomic mass is 16.3. The maximum absolute atomic E-state index is 11.1. The van der Waals surface area contributed by atoms with Crippen molar-refractivity contribution in [1.29, 1.82) is 0 Å². The van der Waals surface area contributed by atoms with E-state index in [0.29, 0.717) is 6.04 Å². The Kier molecular flexibility index (Phi) is 8.43. The molecule has 3 heteroatoms. The molecule has 1 unspecified atom stereocenters. The maximum atomic E-state index is 11.1. The fraction of sp³-hybridized carbons (Fsp3) is 1.00. The van der Waals surface area contributed by atoms with Gasteiger partial charge in [-0.05, 0) is 72.1 Å². The molecule has 1 heterocycles. The van der Waals surface area contributed by atoms with Crippen LogP contribution in [0.15, 0.2) is 0 Å². The van der Waals surface area contributed by atoms with Crippen LogP contribution in [0, 0.1) is 5.41 Å². The van der Waals surface area contributed by atoms with Gasteiger partial charge in [-0.1, -0.05) is 47.5 Å². The van der Waals surface area contributed by atoms with E-state index >= 15 is 0 Å². The molecule has 0 aromatic heterocycles. The van der Waals surface area contributed by atoms with Gasteiger partial charge in [0.05, 0.1) is 6.10 Å².